The summed E-state index contributed by atoms with van der Waals surface area (Å²) in [5, 5.41) is 10.6. The van der Waals surface area contributed by atoms with E-state index in [4.69, 9.17) is 4.74 Å². The van der Waals surface area contributed by atoms with Gasteiger partial charge in [-0.15, -0.1) is 0 Å². The number of pyridine rings is 1. The van der Waals surface area contributed by atoms with Crippen molar-refractivity contribution >= 4 is 22.6 Å². The van der Waals surface area contributed by atoms with Gasteiger partial charge in [-0.25, -0.2) is 9.78 Å². The Kier molecular flexibility index (Phi) is 4.98. The van der Waals surface area contributed by atoms with Crippen molar-refractivity contribution in [3.8, 4) is 0 Å². The monoisotopic (exact) mass is 341 g/mol. The van der Waals surface area contributed by atoms with Gasteiger partial charge in [0.25, 0.3) is 5.69 Å². The molecule has 0 spiro atoms. The highest BCUT2D eigenvalue weighted by Gasteiger charge is 2.33. The van der Waals surface area contributed by atoms with Gasteiger partial charge in [0.1, 0.15) is 16.8 Å². The topological polar surface area (TPSA) is 103 Å². The molecule has 1 aliphatic rings. The Morgan fingerprint density at radius 2 is 2.17 bits per heavy atom. The molecule has 1 aromatic heterocycles. The van der Waals surface area contributed by atoms with E-state index in [1.54, 1.807) is 20.8 Å². The molecule has 0 aromatic carbocycles. The van der Waals surface area contributed by atoms with Crippen LogP contribution < -0.4 is 0 Å². The summed E-state index contributed by atoms with van der Waals surface area (Å²) in [7, 11) is -1.42. The number of likely N-dealkylation sites (tertiary alicyclic amines) is 1. The first-order valence-electron chi connectivity index (χ1n) is 7.16. The molecule has 0 aliphatic carbocycles. The molecule has 8 nitrogen and oxygen atoms in total. The lowest BCUT2D eigenvalue weighted by Crippen LogP contribution is -2.36. The van der Waals surface area contributed by atoms with Crippen molar-refractivity contribution in [1.29, 1.82) is 0 Å². The zero-order valence-electron chi connectivity index (χ0n) is 13.2. The van der Waals surface area contributed by atoms with Gasteiger partial charge in [-0.2, -0.15) is 0 Å². The summed E-state index contributed by atoms with van der Waals surface area (Å²) in [4.78, 5) is 27.5. The number of ether oxygens (including phenoxy) is 1. The Hall–Kier alpha value is -2.03. The molecular formula is C14H19N3O5S. The van der Waals surface area contributed by atoms with E-state index >= 15 is 0 Å². The molecule has 0 N–H and O–H groups in total. The van der Waals surface area contributed by atoms with Crippen molar-refractivity contribution in [2.45, 2.75) is 43.1 Å². The second-order valence-electron chi connectivity index (χ2n) is 6.25. The largest absolute Gasteiger partial charge is 0.444 e. The van der Waals surface area contributed by atoms with E-state index in [1.165, 1.54) is 17.0 Å². The number of nitro groups is 1. The molecule has 0 radical (unpaired) electrons. The van der Waals surface area contributed by atoms with Crippen molar-refractivity contribution in [3.63, 3.8) is 0 Å². The molecule has 9 heteroatoms. The van der Waals surface area contributed by atoms with Crippen LogP contribution in [0.2, 0.25) is 0 Å². The molecule has 0 saturated carbocycles. The number of amides is 1. The lowest BCUT2D eigenvalue weighted by Gasteiger charge is -2.24. The van der Waals surface area contributed by atoms with Crippen LogP contribution in [0.1, 0.15) is 27.2 Å². The van der Waals surface area contributed by atoms with Gasteiger partial charge in [0, 0.05) is 19.2 Å². The van der Waals surface area contributed by atoms with Crippen molar-refractivity contribution in [2.75, 3.05) is 13.1 Å². The quantitative estimate of drug-likeness (QED) is 0.616. The van der Waals surface area contributed by atoms with E-state index in [0.717, 1.165) is 6.20 Å². The van der Waals surface area contributed by atoms with Crippen LogP contribution in [0.4, 0.5) is 10.5 Å². The van der Waals surface area contributed by atoms with Crippen LogP contribution in [0.5, 0.6) is 0 Å². The summed E-state index contributed by atoms with van der Waals surface area (Å²) in [6.07, 6.45) is 1.24. The fraction of sp³-hybridized carbons (Fsp3) is 0.571. The summed E-state index contributed by atoms with van der Waals surface area (Å²) in [6, 6.07) is 2.67. The maximum Gasteiger partial charge on any atom is 0.410 e. The van der Waals surface area contributed by atoms with E-state index in [9.17, 15) is 19.1 Å². The van der Waals surface area contributed by atoms with Gasteiger partial charge in [-0.1, -0.05) is 0 Å². The molecule has 1 amide bonds. The number of hydrogen-bond acceptors (Lipinski definition) is 6. The van der Waals surface area contributed by atoms with E-state index in [2.05, 4.69) is 4.98 Å². The minimum Gasteiger partial charge on any atom is -0.444 e. The maximum absolute atomic E-state index is 12.5. The predicted octanol–water partition coefficient (Wildman–Crippen LogP) is 2.11. The van der Waals surface area contributed by atoms with E-state index in [-0.39, 0.29) is 16.0 Å². The zero-order valence-corrected chi connectivity index (χ0v) is 14.0. The van der Waals surface area contributed by atoms with E-state index in [1.807, 2.05) is 0 Å². The highest BCUT2D eigenvalue weighted by atomic mass is 32.2. The van der Waals surface area contributed by atoms with Gasteiger partial charge in [-0.05, 0) is 33.3 Å². The average Bonchev–Trinajstić information content (AvgIpc) is 2.94. The third-order valence-corrected chi connectivity index (χ3v) is 4.88. The number of hydrogen-bond donors (Lipinski definition) is 0. The lowest BCUT2D eigenvalue weighted by atomic mass is 10.2. The first-order valence-corrected chi connectivity index (χ1v) is 8.37. The zero-order chi connectivity index (χ0) is 17.2. The number of nitrogens with zero attached hydrogens (tertiary/aromatic N) is 3. The van der Waals surface area contributed by atoms with Crippen LogP contribution in [-0.4, -0.2) is 49.0 Å². The van der Waals surface area contributed by atoms with Crippen molar-refractivity contribution in [2.24, 2.45) is 0 Å². The van der Waals surface area contributed by atoms with E-state index < -0.39 is 27.4 Å². The smallest absolute Gasteiger partial charge is 0.410 e. The third kappa shape index (κ3) is 4.47. The molecule has 2 atom stereocenters. The molecule has 1 saturated heterocycles. The third-order valence-electron chi connectivity index (χ3n) is 3.24. The number of aromatic nitrogens is 1. The summed E-state index contributed by atoms with van der Waals surface area (Å²) >= 11 is 0. The molecule has 2 rings (SSSR count). The number of carbonyl (C=O) groups excluding carboxylic acids is 1. The van der Waals surface area contributed by atoms with Gasteiger partial charge in [0.15, 0.2) is 0 Å². The molecule has 1 unspecified atom stereocenters. The molecule has 23 heavy (non-hydrogen) atoms. The van der Waals surface area contributed by atoms with Crippen LogP contribution in [0.25, 0.3) is 0 Å². The van der Waals surface area contributed by atoms with Gasteiger partial charge in [0.05, 0.1) is 21.0 Å². The van der Waals surface area contributed by atoms with Crippen LogP contribution in [-0.2, 0) is 15.5 Å². The fourth-order valence-corrected chi connectivity index (χ4v) is 3.50. The second-order valence-corrected chi connectivity index (χ2v) is 7.93. The normalized spacial score (nSPS) is 19.4. The van der Waals surface area contributed by atoms with Crippen molar-refractivity contribution in [1.82, 2.24) is 9.88 Å². The molecule has 2 heterocycles. The van der Waals surface area contributed by atoms with Gasteiger partial charge in [-0.3, -0.25) is 14.3 Å². The first kappa shape index (κ1) is 17.3. The van der Waals surface area contributed by atoms with Gasteiger partial charge < -0.3 is 9.64 Å². The molecule has 1 fully saturated rings. The number of carbonyl (C=O) groups is 1. The van der Waals surface area contributed by atoms with Crippen LogP contribution in [0, 0.1) is 10.1 Å². The molecule has 1 aliphatic heterocycles. The van der Waals surface area contributed by atoms with E-state index in [0.29, 0.717) is 19.5 Å². The summed E-state index contributed by atoms with van der Waals surface area (Å²) in [6.45, 7) is 6.16. The Morgan fingerprint density at radius 3 is 2.70 bits per heavy atom. The lowest BCUT2D eigenvalue weighted by molar-refractivity contribution is -0.385. The minimum atomic E-state index is -1.42. The standard InChI is InChI=1S/C14H19N3O5S/c1-14(2,3)22-13(18)16-7-6-11(9-16)23(21)12-5-4-10(8-15-12)17(19)20/h4-5,8,11H,6-7,9H2,1-3H3/t11-,23?/m1/s1. The molecular weight excluding hydrogens is 322 g/mol. The van der Waals surface area contributed by atoms with Crippen molar-refractivity contribution < 1.29 is 18.7 Å². The minimum absolute atomic E-state index is 0.146. The highest BCUT2D eigenvalue weighted by molar-refractivity contribution is 7.85. The molecule has 0 bridgehead atoms. The molecule has 126 valence electrons. The van der Waals surface area contributed by atoms with Crippen LogP contribution >= 0.6 is 0 Å². The first-order chi connectivity index (χ1) is 10.7. The van der Waals surface area contributed by atoms with Gasteiger partial charge in [0.2, 0.25) is 0 Å². The average molecular weight is 341 g/mol. The fourth-order valence-electron chi connectivity index (χ4n) is 2.17. The highest BCUT2D eigenvalue weighted by Crippen LogP contribution is 2.22. The predicted molar refractivity (Wildman–Crippen MR) is 83.5 cm³/mol. The summed E-state index contributed by atoms with van der Waals surface area (Å²) in [5.41, 5.74) is -0.721. The summed E-state index contributed by atoms with van der Waals surface area (Å²) in [5.74, 6) is 0. The van der Waals surface area contributed by atoms with Crippen LogP contribution in [0.15, 0.2) is 23.4 Å². The maximum atomic E-state index is 12.5. The Morgan fingerprint density at radius 1 is 1.48 bits per heavy atom. The second kappa shape index (κ2) is 6.61. The SMILES string of the molecule is CC(C)(C)OC(=O)N1CC[C@@H](S(=O)c2ccc([N+](=O)[O-])cn2)C1. The van der Waals surface area contributed by atoms with Crippen molar-refractivity contribution in [3.05, 3.63) is 28.4 Å². The Labute approximate surface area is 136 Å². The number of rotatable bonds is 3. The summed E-state index contributed by atoms with van der Waals surface area (Å²) < 4.78 is 17.8. The van der Waals surface area contributed by atoms with Crippen LogP contribution in [0.3, 0.4) is 0 Å². The Balaban J connectivity index is 1.99. The van der Waals surface area contributed by atoms with Gasteiger partial charge >= 0.3 is 6.09 Å². The Bertz CT molecular complexity index is 626. The molecule has 1 aromatic rings.